The molecule has 2 aromatic rings. The standard InChI is InChI=1S/C22H33N5/c1-3-22(4-2)10-5-6-14-27(22)17-18-8-15-26(16-9-18)19-7-11-24-21-20(19)23-12-13-25-21/h7,11-13,18H,3-6,8-10,14-17H2,1-2H3. The Kier molecular flexibility index (Phi) is 5.58. The molecule has 2 saturated heterocycles. The van der Waals surface area contributed by atoms with E-state index in [1.807, 2.05) is 6.20 Å². The maximum atomic E-state index is 4.54. The molecule has 5 nitrogen and oxygen atoms in total. The number of fused-ring (bicyclic) bond motifs is 1. The number of hydrogen-bond acceptors (Lipinski definition) is 5. The zero-order valence-corrected chi connectivity index (χ0v) is 16.9. The van der Waals surface area contributed by atoms with E-state index in [4.69, 9.17) is 0 Å². The van der Waals surface area contributed by atoms with Gasteiger partial charge < -0.3 is 4.90 Å². The van der Waals surface area contributed by atoms with Gasteiger partial charge in [0.15, 0.2) is 5.65 Å². The van der Waals surface area contributed by atoms with Gasteiger partial charge in [-0.25, -0.2) is 15.0 Å². The molecule has 5 heteroatoms. The number of nitrogens with zero attached hydrogens (tertiary/aromatic N) is 5. The van der Waals surface area contributed by atoms with E-state index in [0.717, 1.165) is 30.2 Å². The van der Waals surface area contributed by atoms with Crippen molar-refractivity contribution < 1.29 is 0 Å². The van der Waals surface area contributed by atoms with Gasteiger partial charge in [-0.2, -0.15) is 0 Å². The zero-order chi connectivity index (χ0) is 18.7. The van der Waals surface area contributed by atoms with Crippen molar-refractivity contribution in [3.8, 4) is 0 Å². The molecule has 4 rings (SSSR count). The quantitative estimate of drug-likeness (QED) is 0.789. The fourth-order valence-electron chi connectivity index (χ4n) is 5.27. The molecular weight excluding hydrogens is 334 g/mol. The highest BCUT2D eigenvalue weighted by Gasteiger charge is 2.37. The molecule has 0 N–H and O–H groups in total. The predicted octanol–water partition coefficient (Wildman–Crippen LogP) is 4.29. The van der Waals surface area contributed by atoms with Gasteiger partial charge in [0.05, 0.1) is 5.69 Å². The zero-order valence-electron chi connectivity index (χ0n) is 16.9. The molecule has 2 aromatic heterocycles. The topological polar surface area (TPSA) is 45.2 Å². The van der Waals surface area contributed by atoms with Crippen molar-refractivity contribution in [2.75, 3.05) is 31.1 Å². The molecule has 0 saturated carbocycles. The molecule has 0 radical (unpaired) electrons. The van der Waals surface area contributed by atoms with E-state index in [1.165, 1.54) is 63.7 Å². The Morgan fingerprint density at radius 1 is 0.963 bits per heavy atom. The van der Waals surface area contributed by atoms with E-state index in [0.29, 0.717) is 5.54 Å². The van der Waals surface area contributed by atoms with Gasteiger partial charge in [-0.3, -0.25) is 4.90 Å². The summed E-state index contributed by atoms with van der Waals surface area (Å²) in [5.74, 6) is 0.816. The van der Waals surface area contributed by atoms with Crippen LogP contribution < -0.4 is 4.90 Å². The van der Waals surface area contributed by atoms with Crippen molar-refractivity contribution in [2.45, 2.75) is 64.3 Å². The van der Waals surface area contributed by atoms with Crippen LogP contribution in [0.3, 0.4) is 0 Å². The van der Waals surface area contributed by atoms with Crippen LogP contribution >= 0.6 is 0 Å². The van der Waals surface area contributed by atoms with E-state index in [-0.39, 0.29) is 0 Å². The van der Waals surface area contributed by atoms with Crippen LogP contribution in [0.4, 0.5) is 5.69 Å². The Balaban J connectivity index is 1.41. The Bertz CT molecular complexity index is 744. The smallest absolute Gasteiger partial charge is 0.180 e. The lowest BCUT2D eigenvalue weighted by molar-refractivity contribution is 0.0220. The van der Waals surface area contributed by atoms with Crippen LogP contribution in [-0.4, -0.2) is 51.6 Å². The average Bonchev–Trinajstić information content (AvgIpc) is 2.74. The van der Waals surface area contributed by atoms with E-state index >= 15 is 0 Å². The van der Waals surface area contributed by atoms with Crippen LogP contribution in [0.2, 0.25) is 0 Å². The average molecular weight is 368 g/mol. The molecule has 4 heterocycles. The fraction of sp³-hybridized carbons (Fsp3) is 0.682. The second-order valence-electron chi connectivity index (χ2n) is 8.32. The molecule has 27 heavy (non-hydrogen) atoms. The maximum Gasteiger partial charge on any atom is 0.180 e. The van der Waals surface area contributed by atoms with E-state index in [1.54, 1.807) is 12.4 Å². The minimum atomic E-state index is 0.465. The molecule has 0 aromatic carbocycles. The van der Waals surface area contributed by atoms with Gasteiger partial charge in [-0.15, -0.1) is 0 Å². The molecule has 2 aliphatic heterocycles. The molecule has 0 aliphatic carbocycles. The fourth-order valence-corrected chi connectivity index (χ4v) is 5.27. The van der Waals surface area contributed by atoms with E-state index in [2.05, 4.69) is 44.7 Å². The number of rotatable bonds is 5. The normalized spacial score (nSPS) is 21.6. The van der Waals surface area contributed by atoms with Gasteiger partial charge in [0.2, 0.25) is 0 Å². The van der Waals surface area contributed by atoms with Gasteiger partial charge >= 0.3 is 0 Å². The molecule has 0 unspecified atom stereocenters. The van der Waals surface area contributed by atoms with Crippen LogP contribution in [0.5, 0.6) is 0 Å². The number of piperidine rings is 2. The summed E-state index contributed by atoms with van der Waals surface area (Å²) in [6.07, 6.45) is 14.7. The highest BCUT2D eigenvalue weighted by molar-refractivity contribution is 5.84. The minimum Gasteiger partial charge on any atom is -0.370 e. The molecule has 0 amide bonds. The lowest BCUT2D eigenvalue weighted by atomic mass is 9.80. The SMILES string of the molecule is CCC1(CC)CCCCN1CC1CCN(c2ccnc3nccnc23)CC1. The number of aromatic nitrogens is 3. The minimum absolute atomic E-state index is 0.465. The summed E-state index contributed by atoms with van der Waals surface area (Å²) in [7, 11) is 0. The van der Waals surface area contributed by atoms with Crippen molar-refractivity contribution in [3.63, 3.8) is 0 Å². The van der Waals surface area contributed by atoms with Crippen molar-refractivity contribution in [3.05, 3.63) is 24.7 Å². The highest BCUT2D eigenvalue weighted by atomic mass is 15.2. The summed E-state index contributed by atoms with van der Waals surface area (Å²) in [6, 6.07) is 2.10. The molecule has 0 atom stereocenters. The monoisotopic (exact) mass is 367 g/mol. The van der Waals surface area contributed by atoms with Gasteiger partial charge in [-0.05, 0) is 57.1 Å². The van der Waals surface area contributed by atoms with Gasteiger partial charge in [-0.1, -0.05) is 20.3 Å². The van der Waals surface area contributed by atoms with Gasteiger partial charge in [0.1, 0.15) is 5.52 Å². The second-order valence-corrected chi connectivity index (χ2v) is 8.32. The van der Waals surface area contributed by atoms with Crippen LogP contribution in [0.15, 0.2) is 24.7 Å². The van der Waals surface area contributed by atoms with Crippen LogP contribution in [-0.2, 0) is 0 Å². The number of likely N-dealkylation sites (tertiary alicyclic amines) is 1. The van der Waals surface area contributed by atoms with Gasteiger partial charge in [0.25, 0.3) is 0 Å². The molecule has 2 aliphatic rings. The van der Waals surface area contributed by atoms with Crippen LogP contribution in [0.1, 0.15) is 58.8 Å². The molecule has 2 fully saturated rings. The summed E-state index contributed by atoms with van der Waals surface area (Å²) in [5, 5.41) is 0. The first-order valence-electron chi connectivity index (χ1n) is 10.8. The highest BCUT2D eigenvalue weighted by Crippen LogP contribution is 2.36. The first kappa shape index (κ1) is 18.6. The van der Waals surface area contributed by atoms with Gasteiger partial charge in [0, 0.05) is 43.8 Å². The van der Waals surface area contributed by atoms with E-state index < -0.39 is 0 Å². The first-order chi connectivity index (χ1) is 13.3. The van der Waals surface area contributed by atoms with Crippen molar-refractivity contribution >= 4 is 16.9 Å². The lowest BCUT2D eigenvalue weighted by Crippen LogP contribution is -2.53. The summed E-state index contributed by atoms with van der Waals surface area (Å²) in [5.41, 5.74) is 3.35. The van der Waals surface area contributed by atoms with Crippen molar-refractivity contribution in [2.24, 2.45) is 5.92 Å². The van der Waals surface area contributed by atoms with Crippen molar-refractivity contribution in [1.29, 1.82) is 0 Å². The summed E-state index contributed by atoms with van der Waals surface area (Å²) < 4.78 is 0. The Labute approximate surface area is 163 Å². The third kappa shape index (κ3) is 3.66. The largest absolute Gasteiger partial charge is 0.370 e. The lowest BCUT2D eigenvalue weighted by Gasteiger charge is -2.49. The van der Waals surface area contributed by atoms with Crippen LogP contribution in [0.25, 0.3) is 11.2 Å². The number of hydrogen-bond donors (Lipinski definition) is 0. The third-order valence-corrected chi connectivity index (χ3v) is 7.09. The summed E-state index contributed by atoms with van der Waals surface area (Å²) >= 11 is 0. The molecule has 0 bridgehead atoms. The summed E-state index contributed by atoms with van der Waals surface area (Å²) in [4.78, 5) is 18.6. The Hall–Kier alpha value is -1.75. The summed E-state index contributed by atoms with van der Waals surface area (Å²) in [6.45, 7) is 9.58. The Morgan fingerprint density at radius 3 is 2.48 bits per heavy atom. The van der Waals surface area contributed by atoms with Crippen LogP contribution in [0, 0.1) is 5.92 Å². The third-order valence-electron chi connectivity index (χ3n) is 7.09. The van der Waals surface area contributed by atoms with E-state index in [9.17, 15) is 0 Å². The number of anilines is 1. The molecule has 0 spiro atoms. The predicted molar refractivity (Wildman–Crippen MR) is 111 cm³/mol. The molecular formula is C22H33N5. The Morgan fingerprint density at radius 2 is 1.70 bits per heavy atom. The second kappa shape index (κ2) is 8.09. The maximum absolute atomic E-state index is 4.54. The molecule has 146 valence electrons. The van der Waals surface area contributed by atoms with Crippen molar-refractivity contribution in [1.82, 2.24) is 19.9 Å². The first-order valence-corrected chi connectivity index (χ1v) is 10.8. The number of pyridine rings is 1.